The smallest absolute Gasteiger partial charge is 0.206 e. The predicted molar refractivity (Wildman–Crippen MR) is 118 cm³/mol. The second kappa shape index (κ2) is 9.39. The molecule has 2 heterocycles. The zero-order valence-electron chi connectivity index (χ0n) is 15.9. The number of methoxy groups -OCH3 is 1. The summed E-state index contributed by atoms with van der Waals surface area (Å²) in [6.07, 6.45) is 1.81. The van der Waals surface area contributed by atoms with Gasteiger partial charge in [0.15, 0.2) is 11.5 Å². The predicted octanol–water partition coefficient (Wildman–Crippen LogP) is 4.18. The summed E-state index contributed by atoms with van der Waals surface area (Å²) in [5.74, 6) is 1.51. The van der Waals surface area contributed by atoms with Crippen LogP contribution in [0.4, 0.5) is 0 Å². The normalized spacial score (nSPS) is 13.9. The average Bonchev–Trinajstić information content (AvgIpc) is 3.15. The van der Waals surface area contributed by atoms with Crippen LogP contribution >= 0.6 is 27.3 Å². The molecule has 1 aliphatic rings. The Morgan fingerprint density at radius 1 is 1.14 bits per heavy atom. The van der Waals surface area contributed by atoms with Crippen LogP contribution in [0.5, 0.6) is 11.5 Å². The molecule has 3 aromatic rings. The third-order valence-electron chi connectivity index (χ3n) is 4.26. The van der Waals surface area contributed by atoms with E-state index in [1.807, 2.05) is 41.2 Å². The molecule has 1 aliphatic heterocycles. The molecule has 0 atom stereocenters. The second-order valence-corrected chi connectivity index (χ2v) is 8.00. The van der Waals surface area contributed by atoms with Crippen LogP contribution in [0.25, 0.3) is 11.3 Å². The molecule has 0 radical (unpaired) electrons. The molecule has 0 saturated heterocycles. The minimum Gasteiger partial charge on any atom is -0.486 e. The molecule has 4 rings (SSSR count). The first-order valence-electron chi connectivity index (χ1n) is 9.14. The maximum absolute atomic E-state index is 5.67. The SMILES string of the molecule is COCCN=c1scc(-c2ccc(Br)cc2)n1/N=C/c1ccc2c(c1)OCCO2. The van der Waals surface area contributed by atoms with E-state index in [2.05, 4.69) is 38.4 Å². The fraction of sp³-hybridized carbons (Fsp3) is 0.238. The average molecular weight is 474 g/mol. The Bertz CT molecular complexity index is 1070. The highest BCUT2D eigenvalue weighted by molar-refractivity contribution is 9.10. The largest absolute Gasteiger partial charge is 0.486 e. The molecule has 0 aliphatic carbocycles. The highest BCUT2D eigenvalue weighted by Crippen LogP contribution is 2.30. The summed E-state index contributed by atoms with van der Waals surface area (Å²) in [7, 11) is 1.67. The Balaban J connectivity index is 1.70. The van der Waals surface area contributed by atoms with E-state index in [1.54, 1.807) is 18.4 Å². The van der Waals surface area contributed by atoms with Crippen molar-refractivity contribution in [3.8, 4) is 22.8 Å². The molecule has 29 heavy (non-hydrogen) atoms. The number of nitrogens with zero attached hydrogens (tertiary/aromatic N) is 3. The van der Waals surface area contributed by atoms with Crippen LogP contribution in [0, 0.1) is 0 Å². The van der Waals surface area contributed by atoms with Crippen LogP contribution in [-0.4, -0.2) is 44.4 Å². The summed E-state index contributed by atoms with van der Waals surface area (Å²) in [6.45, 7) is 2.28. The fourth-order valence-corrected chi connectivity index (χ4v) is 3.96. The summed E-state index contributed by atoms with van der Waals surface area (Å²) in [5, 5.41) is 6.79. The molecular weight excluding hydrogens is 454 g/mol. The maximum Gasteiger partial charge on any atom is 0.206 e. The first kappa shape index (κ1) is 19.9. The van der Waals surface area contributed by atoms with Crippen molar-refractivity contribution in [2.24, 2.45) is 10.1 Å². The molecule has 0 amide bonds. The van der Waals surface area contributed by atoms with Crippen LogP contribution in [0.2, 0.25) is 0 Å². The first-order chi connectivity index (χ1) is 14.2. The van der Waals surface area contributed by atoms with Gasteiger partial charge in [-0.1, -0.05) is 28.1 Å². The number of rotatable bonds is 6. The topological polar surface area (TPSA) is 57.3 Å². The Morgan fingerprint density at radius 2 is 1.93 bits per heavy atom. The molecule has 0 N–H and O–H groups in total. The van der Waals surface area contributed by atoms with E-state index in [0.29, 0.717) is 26.4 Å². The molecule has 0 unspecified atom stereocenters. The second-order valence-electron chi connectivity index (χ2n) is 6.24. The van der Waals surface area contributed by atoms with Gasteiger partial charge in [-0.3, -0.25) is 4.99 Å². The Labute approximate surface area is 181 Å². The fourth-order valence-electron chi connectivity index (χ4n) is 2.84. The van der Waals surface area contributed by atoms with Crippen LogP contribution in [0.1, 0.15) is 5.56 Å². The number of ether oxygens (including phenoxy) is 3. The van der Waals surface area contributed by atoms with Gasteiger partial charge in [0.2, 0.25) is 4.80 Å². The van der Waals surface area contributed by atoms with E-state index in [0.717, 1.165) is 37.6 Å². The van der Waals surface area contributed by atoms with E-state index >= 15 is 0 Å². The molecule has 0 bridgehead atoms. The van der Waals surface area contributed by atoms with Gasteiger partial charge in [-0.05, 0) is 35.9 Å². The van der Waals surface area contributed by atoms with Gasteiger partial charge < -0.3 is 14.2 Å². The van der Waals surface area contributed by atoms with Crippen molar-refractivity contribution in [2.45, 2.75) is 0 Å². The molecule has 2 aromatic carbocycles. The van der Waals surface area contributed by atoms with E-state index in [4.69, 9.17) is 19.3 Å². The summed E-state index contributed by atoms with van der Waals surface area (Å²) in [5.41, 5.74) is 2.97. The number of thiazole rings is 1. The van der Waals surface area contributed by atoms with E-state index in [-0.39, 0.29) is 0 Å². The highest BCUT2D eigenvalue weighted by Gasteiger charge is 2.11. The monoisotopic (exact) mass is 473 g/mol. The Hall–Kier alpha value is -2.42. The molecular formula is C21H20BrN3O3S. The summed E-state index contributed by atoms with van der Waals surface area (Å²) in [6, 6.07) is 14.0. The van der Waals surface area contributed by atoms with Crippen molar-refractivity contribution >= 4 is 33.5 Å². The maximum atomic E-state index is 5.67. The lowest BCUT2D eigenvalue weighted by molar-refractivity contribution is 0.171. The van der Waals surface area contributed by atoms with Crippen molar-refractivity contribution in [1.82, 2.24) is 4.68 Å². The van der Waals surface area contributed by atoms with Crippen molar-refractivity contribution in [2.75, 3.05) is 33.5 Å². The van der Waals surface area contributed by atoms with Crippen LogP contribution in [0.3, 0.4) is 0 Å². The van der Waals surface area contributed by atoms with Gasteiger partial charge in [-0.25, -0.2) is 4.68 Å². The minimum absolute atomic E-state index is 0.559. The standard InChI is InChI=1S/C21H20BrN3O3S/c1-26-9-8-23-21-25(18(14-29-21)16-3-5-17(22)6-4-16)24-13-15-2-7-19-20(12-15)28-11-10-27-19/h2-7,12-14H,8-11H2,1H3/b23-21?,24-13+. The van der Waals surface area contributed by atoms with Gasteiger partial charge in [0, 0.05) is 22.5 Å². The van der Waals surface area contributed by atoms with Crippen LogP contribution in [-0.2, 0) is 4.74 Å². The molecule has 1 aromatic heterocycles. The lowest BCUT2D eigenvalue weighted by Crippen LogP contribution is -2.15. The Morgan fingerprint density at radius 3 is 2.72 bits per heavy atom. The molecule has 150 valence electrons. The Kier molecular flexibility index (Phi) is 6.43. The number of fused-ring (bicyclic) bond motifs is 1. The van der Waals surface area contributed by atoms with Gasteiger partial charge in [0.1, 0.15) is 13.2 Å². The number of hydrogen-bond donors (Lipinski definition) is 0. The van der Waals surface area contributed by atoms with Gasteiger partial charge in [0.25, 0.3) is 0 Å². The first-order valence-corrected chi connectivity index (χ1v) is 10.8. The summed E-state index contributed by atoms with van der Waals surface area (Å²) in [4.78, 5) is 5.44. The third-order valence-corrected chi connectivity index (χ3v) is 5.64. The number of hydrogen-bond acceptors (Lipinski definition) is 6. The van der Waals surface area contributed by atoms with Gasteiger partial charge in [0.05, 0.1) is 25.1 Å². The van der Waals surface area contributed by atoms with Gasteiger partial charge >= 0.3 is 0 Å². The zero-order chi connectivity index (χ0) is 20.1. The number of benzene rings is 2. The van der Waals surface area contributed by atoms with Crippen molar-refractivity contribution in [3.05, 3.63) is 62.7 Å². The van der Waals surface area contributed by atoms with Crippen molar-refractivity contribution in [3.63, 3.8) is 0 Å². The van der Waals surface area contributed by atoms with Gasteiger partial charge in [-0.2, -0.15) is 5.10 Å². The quantitative estimate of drug-likeness (QED) is 0.398. The molecule has 0 saturated carbocycles. The van der Waals surface area contributed by atoms with E-state index in [9.17, 15) is 0 Å². The molecule has 8 heteroatoms. The van der Waals surface area contributed by atoms with E-state index in [1.165, 1.54) is 0 Å². The van der Waals surface area contributed by atoms with Gasteiger partial charge in [-0.15, -0.1) is 11.3 Å². The van der Waals surface area contributed by atoms with Crippen LogP contribution < -0.4 is 14.3 Å². The minimum atomic E-state index is 0.559. The van der Waals surface area contributed by atoms with E-state index < -0.39 is 0 Å². The van der Waals surface area contributed by atoms with Crippen molar-refractivity contribution in [1.29, 1.82) is 0 Å². The molecule has 0 fully saturated rings. The lowest BCUT2D eigenvalue weighted by Gasteiger charge is -2.18. The summed E-state index contributed by atoms with van der Waals surface area (Å²) < 4.78 is 19.3. The summed E-state index contributed by atoms with van der Waals surface area (Å²) >= 11 is 5.04. The number of halogens is 1. The number of aromatic nitrogens is 1. The molecule has 6 nitrogen and oxygen atoms in total. The zero-order valence-corrected chi connectivity index (χ0v) is 18.3. The van der Waals surface area contributed by atoms with Crippen molar-refractivity contribution < 1.29 is 14.2 Å². The molecule has 0 spiro atoms. The third kappa shape index (κ3) is 4.77. The highest BCUT2D eigenvalue weighted by atomic mass is 79.9. The van der Waals surface area contributed by atoms with Crippen LogP contribution in [0.15, 0.2) is 62.4 Å². The lowest BCUT2D eigenvalue weighted by atomic mass is 10.2.